The zero-order valence-electron chi connectivity index (χ0n) is 15.4. The molecule has 11 heteroatoms. The van der Waals surface area contributed by atoms with Gasteiger partial charge >= 0.3 is 5.97 Å². The Hall–Kier alpha value is -1.31. The van der Waals surface area contributed by atoms with Crippen molar-refractivity contribution in [2.24, 2.45) is 11.8 Å². The van der Waals surface area contributed by atoms with Gasteiger partial charge in [-0.15, -0.1) is 0 Å². The first-order chi connectivity index (χ1) is 13.1. The minimum absolute atomic E-state index is 0.0521. The molecule has 0 aromatic heterocycles. The molecular formula is C17H26O11. The molecule has 0 spiro atoms. The largest absolute Gasteiger partial charge is 0.471 e. The number of esters is 1. The van der Waals surface area contributed by atoms with Crippen LogP contribution in [0.25, 0.3) is 0 Å². The van der Waals surface area contributed by atoms with Gasteiger partial charge in [0.05, 0.1) is 43.2 Å². The lowest BCUT2D eigenvalue weighted by molar-refractivity contribution is -0.347. The molecule has 0 bridgehead atoms. The van der Waals surface area contributed by atoms with Gasteiger partial charge in [-0.2, -0.15) is 0 Å². The summed E-state index contributed by atoms with van der Waals surface area (Å²) in [6.07, 6.45) is -8.83. The molecule has 11 nitrogen and oxygen atoms in total. The lowest BCUT2D eigenvalue weighted by atomic mass is 9.81. The smallest absolute Gasteiger partial charge is 0.337 e. The van der Waals surface area contributed by atoms with Gasteiger partial charge in [0.2, 0.25) is 6.29 Å². The molecule has 0 radical (unpaired) electrons. The number of aliphatic hydroxyl groups is 6. The minimum atomic E-state index is -1.70. The minimum Gasteiger partial charge on any atom is -0.471 e. The summed E-state index contributed by atoms with van der Waals surface area (Å²) in [5.74, 6) is -2.25. The van der Waals surface area contributed by atoms with E-state index in [4.69, 9.17) is 18.9 Å². The highest BCUT2D eigenvalue weighted by Gasteiger charge is 2.60. The Balaban J connectivity index is 1.85. The summed E-state index contributed by atoms with van der Waals surface area (Å²) in [6, 6.07) is 0. The maximum absolute atomic E-state index is 12.0. The van der Waals surface area contributed by atoms with Crippen LogP contribution < -0.4 is 0 Å². The number of carbonyl (C=O) groups excluding carboxylic acids is 1. The molecule has 0 unspecified atom stereocenters. The van der Waals surface area contributed by atoms with E-state index in [0.717, 1.165) is 6.26 Å². The molecule has 2 aliphatic heterocycles. The Kier molecular flexibility index (Phi) is 5.99. The highest BCUT2D eigenvalue weighted by molar-refractivity contribution is 5.89. The van der Waals surface area contributed by atoms with Crippen LogP contribution in [0.4, 0.5) is 0 Å². The average Bonchev–Trinajstić information content (AvgIpc) is 2.91. The molecule has 2 fully saturated rings. The lowest BCUT2D eigenvalue weighted by Gasteiger charge is -2.44. The Bertz CT molecular complexity index is 618. The molecule has 1 aliphatic carbocycles. The van der Waals surface area contributed by atoms with Crippen LogP contribution in [0.3, 0.4) is 0 Å². The summed E-state index contributed by atoms with van der Waals surface area (Å²) < 4.78 is 21.1. The number of aliphatic hydroxyl groups excluding tert-OH is 5. The molecule has 2 heterocycles. The van der Waals surface area contributed by atoms with Crippen molar-refractivity contribution in [3.8, 4) is 0 Å². The predicted octanol–water partition coefficient (Wildman–Crippen LogP) is -3.04. The monoisotopic (exact) mass is 406 g/mol. The van der Waals surface area contributed by atoms with E-state index in [0.29, 0.717) is 0 Å². The molecule has 6 N–H and O–H groups in total. The van der Waals surface area contributed by atoms with Gasteiger partial charge in [-0.3, -0.25) is 0 Å². The van der Waals surface area contributed by atoms with Gasteiger partial charge in [-0.05, 0) is 13.3 Å². The normalized spacial score (nSPS) is 48.4. The summed E-state index contributed by atoms with van der Waals surface area (Å²) in [4.78, 5) is 12.0. The van der Waals surface area contributed by atoms with Crippen LogP contribution >= 0.6 is 0 Å². The molecule has 0 aromatic rings. The molecule has 0 aromatic carbocycles. The Morgan fingerprint density at radius 1 is 1.21 bits per heavy atom. The van der Waals surface area contributed by atoms with Crippen molar-refractivity contribution in [1.29, 1.82) is 0 Å². The molecule has 160 valence electrons. The van der Waals surface area contributed by atoms with Crippen LogP contribution in [0.1, 0.15) is 13.3 Å². The van der Waals surface area contributed by atoms with Crippen LogP contribution in [-0.2, 0) is 23.7 Å². The summed E-state index contributed by atoms with van der Waals surface area (Å²) in [7, 11) is 1.19. The van der Waals surface area contributed by atoms with Gasteiger partial charge in [0.1, 0.15) is 24.4 Å². The third-order valence-electron chi connectivity index (χ3n) is 5.82. The summed E-state index contributed by atoms with van der Waals surface area (Å²) in [6.45, 7) is 0.737. The number of hydrogen-bond donors (Lipinski definition) is 6. The van der Waals surface area contributed by atoms with Gasteiger partial charge in [0.15, 0.2) is 6.29 Å². The van der Waals surface area contributed by atoms with Crippen LogP contribution in [0.2, 0.25) is 0 Å². The zero-order chi connectivity index (χ0) is 20.8. The number of carbonyl (C=O) groups is 1. The third kappa shape index (κ3) is 3.42. The highest BCUT2D eigenvalue weighted by atomic mass is 16.8. The van der Waals surface area contributed by atoms with Crippen LogP contribution in [0, 0.1) is 11.8 Å². The Morgan fingerprint density at radius 2 is 1.89 bits per heavy atom. The molecule has 10 atom stereocenters. The summed E-state index contributed by atoms with van der Waals surface area (Å²) in [5, 5.41) is 60.2. The highest BCUT2D eigenvalue weighted by Crippen LogP contribution is 2.49. The van der Waals surface area contributed by atoms with E-state index in [-0.39, 0.29) is 12.0 Å². The Labute approximate surface area is 160 Å². The van der Waals surface area contributed by atoms with Crippen molar-refractivity contribution in [3.63, 3.8) is 0 Å². The van der Waals surface area contributed by atoms with E-state index in [1.54, 1.807) is 0 Å². The second-order valence-electron chi connectivity index (χ2n) is 7.51. The van der Waals surface area contributed by atoms with Crippen molar-refractivity contribution in [1.82, 2.24) is 0 Å². The molecular weight excluding hydrogens is 380 g/mol. The zero-order valence-corrected chi connectivity index (χ0v) is 15.4. The summed E-state index contributed by atoms with van der Waals surface area (Å²) in [5.41, 5.74) is -1.57. The fourth-order valence-corrected chi connectivity index (χ4v) is 4.10. The fourth-order valence-electron chi connectivity index (χ4n) is 4.10. The molecule has 1 saturated heterocycles. The number of hydrogen-bond acceptors (Lipinski definition) is 11. The van der Waals surface area contributed by atoms with Crippen LogP contribution in [0.5, 0.6) is 0 Å². The van der Waals surface area contributed by atoms with Crippen molar-refractivity contribution >= 4 is 5.97 Å². The van der Waals surface area contributed by atoms with Gasteiger partial charge in [0, 0.05) is 5.92 Å². The second-order valence-corrected chi connectivity index (χ2v) is 7.51. The topological polar surface area (TPSA) is 175 Å². The van der Waals surface area contributed by atoms with E-state index < -0.39 is 73.1 Å². The SMILES string of the molecule is COC(=O)C1=CO[C@H](O[C@@H]2O[C@H](CO)[C@@H](O)[C@H](O)[C@H]2O)[C@@H]2[C@H]1C[C@@H](O)[C@@]2(C)O. The van der Waals surface area contributed by atoms with Gasteiger partial charge in [0.25, 0.3) is 0 Å². The third-order valence-corrected chi connectivity index (χ3v) is 5.82. The first kappa shape index (κ1) is 21.4. The first-order valence-corrected chi connectivity index (χ1v) is 8.93. The molecule has 3 aliphatic rings. The van der Waals surface area contributed by atoms with E-state index in [1.807, 2.05) is 0 Å². The number of ether oxygens (including phenoxy) is 4. The maximum Gasteiger partial charge on any atom is 0.337 e. The molecule has 28 heavy (non-hydrogen) atoms. The first-order valence-electron chi connectivity index (χ1n) is 8.93. The Morgan fingerprint density at radius 3 is 2.50 bits per heavy atom. The lowest BCUT2D eigenvalue weighted by Crippen LogP contribution is -2.61. The number of methoxy groups -OCH3 is 1. The van der Waals surface area contributed by atoms with Crippen molar-refractivity contribution < 1.29 is 54.4 Å². The fraction of sp³-hybridized carbons (Fsp3) is 0.824. The van der Waals surface area contributed by atoms with Crippen molar-refractivity contribution in [3.05, 3.63) is 11.8 Å². The summed E-state index contributed by atoms with van der Waals surface area (Å²) >= 11 is 0. The maximum atomic E-state index is 12.0. The number of fused-ring (bicyclic) bond motifs is 1. The second kappa shape index (κ2) is 7.84. The van der Waals surface area contributed by atoms with Crippen LogP contribution in [0.15, 0.2) is 11.8 Å². The molecule has 0 amide bonds. The van der Waals surface area contributed by atoms with E-state index in [1.165, 1.54) is 14.0 Å². The van der Waals surface area contributed by atoms with E-state index in [2.05, 4.69) is 0 Å². The van der Waals surface area contributed by atoms with E-state index in [9.17, 15) is 35.4 Å². The van der Waals surface area contributed by atoms with Crippen molar-refractivity contribution in [2.75, 3.05) is 13.7 Å². The molecule has 3 rings (SSSR count). The number of rotatable bonds is 4. The quantitative estimate of drug-likeness (QED) is 0.262. The predicted molar refractivity (Wildman–Crippen MR) is 88.1 cm³/mol. The average molecular weight is 406 g/mol. The van der Waals surface area contributed by atoms with Crippen LogP contribution in [-0.4, -0.2) is 99.0 Å². The standard InChI is InChI=1S/C17H26O11/c1-17(24)9(19)3-6-7(14(23)25-2)5-26-15(10(6)17)28-16-13(22)12(21)11(20)8(4-18)27-16/h5-6,8-13,15-16,18-22,24H,3-4H2,1-2H3/t6-,8+,9+,10-,11+,12-,13+,15+,16-,17+/m0/s1. The van der Waals surface area contributed by atoms with Gasteiger partial charge < -0.3 is 49.6 Å². The molecule has 1 saturated carbocycles. The van der Waals surface area contributed by atoms with E-state index >= 15 is 0 Å². The van der Waals surface area contributed by atoms with Crippen molar-refractivity contribution in [2.45, 2.75) is 62.0 Å². The van der Waals surface area contributed by atoms with Gasteiger partial charge in [-0.25, -0.2) is 4.79 Å². The van der Waals surface area contributed by atoms with Gasteiger partial charge in [-0.1, -0.05) is 0 Å².